The lowest BCUT2D eigenvalue weighted by Gasteiger charge is -2.08. The molecule has 0 N–H and O–H groups in total. The molecule has 0 saturated heterocycles. The summed E-state index contributed by atoms with van der Waals surface area (Å²) < 4.78 is 1.72. The Morgan fingerprint density at radius 2 is 2.28 bits per heavy atom. The van der Waals surface area contributed by atoms with Crippen LogP contribution in [-0.4, -0.2) is 14.5 Å². The zero-order chi connectivity index (χ0) is 13.1. The van der Waals surface area contributed by atoms with Gasteiger partial charge in [0.05, 0.1) is 4.92 Å². The largest absolute Gasteiger partial charge is 0.311 e. The van der Waals surface area contributed by atoms with Crippen LogP contribution in [0.1, 0.15) is 19.2 Å². The van der Waals surface area contributed by atoms with Crippen LogP contribution < -0.4 is 0 Å². The molecule has 0 spiro atoms. The van der Waals surface area contributed by atoms with Crippen molar-refractivity contribution in [2.24, 2.45) is 0 Å². The SMILES string of the molecule is CCCc1nccn1-c1cccc(Cl)c1[N+](=O)[O-]. The van der Waals surface area contributed by atoms with E-state index in [-0.39, 0.29) is 10.7 Å². The van der Waals surface area contributed by atoms with Gasteiger partial charge in [-0.1, -0.05) is 24.6 Å². The Balaban J connectivity index is 2.60. The second-order valence-corrected chi connectivity index (χ2v) is 4.24. The molecule has 0 aliphatic heterocycles. The molecule has 1 aromatic heterocycles. The van der Waals surface area contributed by atoms with Gasteiger partial charge in [0, 0.05) is 18.8 Å². The summed E-state index contributed by atoms with van der Waals surface area (Å²) >= 11 is 5.90. The molecule has 0 unspecified atom stereocenters. The summed E-state index contributed by atoms with van der Waals surface area (Å²) in [5.74, 6) is 0.794. The maximum absolute atomic E-state index is 11.1. The molecule has 0 amide bonds. The summed E-state index contributed by atoms with van der Waals surface area (Å²) in [6.07, 6.45) is 5.03. The first-order chi connectivity index (χ1) is 8.65. The summed E-state index contributed by atoms with van der Waals surface area (Å²) in [7, 11) is 0. The van der Waals surface area contributed by atoms with Crippen LogP contribution in [0.15, 0.2) is 30.6 Å². The fraction of sp³-hybridized carbons (Fsp3) is 0.250. The van der Waals surface area contributed by atoms with Crippen molar-refractivity contribution in [1.29, 1.82) is 0 Å². The van der Waals surface area contributed by atoms with E-state index >= 15 is 0 Å². The van der Waals surface area contributed by atoms with Crippen molar-refractivity contribution >= 4 is 17.3 Å². The van der Waals surface area contributed by atoms with Gasteiger partial charge in [-0.2, -0.15) is 0 Å². The van der Waals surface area contributed by atoms with Crippen LogP contribution in [0, 0.1) is 10.1 Å². The van der Waals surface area contributed by atoms with E-state index in [9.17, 15) is 10.1 Å². The van der Waals surface area contributed by atoms with Crippen molar-refractivity contribution in [3.8, 4) is 5.69 Å². The summed E-state index contributed by atoms with van der Waals surface area (Å²) in [6.45, 7) is 2.03. The van der Waals surface area contributed by atoms with Crippen LogP contribution >= 0.6 is 11.6 Å². The van der Waals surface area contributed by atoms with Crippen LogP contribution in [0.25, 0.3) is 5.69 Å². The van der Waals surface area contributed by atoms with Crippen molar-refractivity contribution in [3.63, 3.8) is 0 Å². The molecule has 0 aliphatic carbocycles. The standard InChI is InChI=1S/C12H12ClN3O2/c1-2-4-11-14-7-8-15(11)10-6-3-5-9(13)12(10)16(17)18/h3,5-8H,2,4H2,1H3. The molecule has 2 aromatic rings. The van der Waals surface area contributed by atoms with Gasteiger partial charge in [0.15, 0.2) is 0 Å². The average Bonchev–Trinajstić information content (AvgIpc) is 2.76. The fourth-order valence-corrected chi connectivity index (χ4v) is 2.08. The molecule has 0 fully saturated rings. The lowest BCUT2D eigenvalue weighted by molar-refractivity contribution is -0.384. The Bertz CT molecular complexity index is 580. The van der Waals surface area contributed by atoms with Gasteiger partial charge in [0.25, 0.3) is 0 Å². The smallest absolute Gasteiger partial charge is 0.298 e. The first kappa shape index (κ1) is 12.6. The number of nitrogens with zero attached hydrogens (tertiary/aromatic N) is 3. The van der Waals surface area contributed by atoms with Crippen molar-refractivity contribution in [2.75, 3.05) is 0 Å². The van der Waals surface area contributed by atoms with E-state index in [1.54, 1.807) is 29.1 Å². The number of hydrogen-bond donors (Lipinski definition) is 0. The number of hydrogen-bond acceptors (Lipinski definition) is 3. The lowest BCUT2D eigenvalue weighted by atomic mass is 10.2. The third-order valence-electron chi connectivity index (χ3n) is 2.60. The van der Waals surface area contributed by atoms with Crippen LogP contribution in [-0.2, 0) is 6.42 Å². The zero-order valence-electron chi connectivity index (χ0n) is 9.84. The van der Waals surface area contributed by atoms with Crippen LogP contribution in [0.5, 0.6) is 0 Å². The first-order valence-electron chi connectivity index (χ1n) is 5.60. The molecule has 94 valence electrons. The molecule has 6 heteroatoms. The van der Waals surface area contributed by atoms with Crippen molar-refractivity contribution in [3.05, 3.63) is 51.6 Å². The van der Waals surface area contributed by atoms with E-state index in [1.165, 1.54) is 6.07 Å². The highest BCUT2D eigenvalue weighted by atomic mass is 35.5. The van der Waals surface area contributed by atoms with E-state index in [4.69, 9.17) is 11.6 Å². The van der Waals surface area contributed by atoms with Gasteiger partial charge in [-0.15, -0.1) is 0 Å². The maximum atomic E-state index is 11.1. The predicted molar refractivity (Wildman–Crippen MR) is 69.2 cm³/mol. The van der Waals surface area contributed by atoms with E-state index in [0.717, 1.165) is 18.7 Å². The molecule has 0 saturated carbocycles. The van der Waals surface area contributed by atoms with Gasteiger partial charge in [0.1, 0.15) is 16.5 Å². The van der Waals surface area contributed by atoms with Gasteiger partial charge in [0.2, 0.25) is 0 Å². The Labute approximate surface area is 109 Å². The molecule has 5 nitrogen and oxygen atoms in total. The van der Waals surface area contributed by atoms with Crippen LogP contribution in [0.2, 0.25) is 5.02 Å². The molecule has 2 rings (SSSR count). The minimum Gasteiger partial charge on any atom is -0.298 e. The number of nitro groups is 1. The summed E-state index contributed by atoms with van der Waals surface area (Å²) in [5, 5.41) is 11.2. The average molecular weight is 266 g/mol. The molecule has 18 heavy (non-hydrogen) atoms. The predicted octanol–water partition coefficient (Wildman–Crippen LogP) is 3.39. The quantitative estimate of drug-likeness (QED) is 0.629. The number of aromatic nitrogens is 2. The number of halogens is 1. The highest BCUT2D eigenvalue weighted by Gasteiger charge is 2.20. The van der Waals surface area contributed by atoms with Crippen LogP contribution in [0.3, 0.4) is 0 Å². The maximum Gasteiger partial charge on any atom is 0.311 e. The summed E-state index contributed by atoms with van der Waals surface area (Å²) in [5.41, 5.74) is 0.364. The normalized spacial score (nSPS) is 10.6. The van der Waals surface area contributed by atoms with E-state index in [1.807, 2.05) is 6.92 Å². The molecule has 1 aromatic carbocycles. The first-order valence-corrected chi connectivity index (χ1v) is 5.98. The molecule has 0 radical (unpaired) electrons. The third-order valence-corrected chi connectivity index (χ3v) is 2.90. The minimum atomic E-state index is -0.465. The number of rotatable bonds is 4. The molecule has 0 atom stereocenters. The molecule has 0 aliphatic rings. The highest BCUT2D eigenvalue weighted by Crippen LogP contribution is 2.31. The lowest BCUT2D eigenvalue weighted by Crippen LogP contribution is -2.04. The second kappa shape index (κ2) is 5.18. The fourth-order valence-electron chi connectivity index (χ4n) is 1.84. The monoisotopic (exact) mass is 265 g/mol. The summed E-state index contributed by atoms with van der Waals surface area (Å²) in [4.78, 5) is 14.8. The number of para-hydroxylation sites is 1. The van der Waals surface area contributed by atoms with Gasteiger partial charge in [-0.25, -0.2) is 4.98 Å². The Kier molecular flexibility index (Phi) is 3.62. The topological polar surface area (TPSA) is 61.0 Å². The van der Waals surface area contributed by atoms with E-state index < -0.39 is 4.92 Å². The number of nitro benzene ring substituents is 1. The molecular formula is C12H12ClN3O2. The Hall–Kier alpha value is -1.88. The van der Waals surface area contributed by atoms with Gasteiger partial charge in [-0.05, 0) is 18.6 Å². The highest BCUT2D eigenvalue weighted by molar-refractivity contribution is 6.33. The van der Waals surface area contributed by atoms with Gasteiger partial charge in [-0.3, -0.25) is 14.7 Å². The van der Waals surface area contributed by atoms with Gasteiger partial charge < -0.3 is 0 Å². The molecule has 0 bridgehead atoms. The molecule has 1 heterocycles. The number of imidazole rings is 1. The number of benzene rings is 1. The molecular weight excluding hydrogens is 254 g/mol. The van der Waals surface area contributed by atoms with Crippen molar-refractivity contribution in [1.82, 2.24) is 9.55 Å². The van der Waals surface area contributed by atoms with Gasteiger partial charge >= 0.3 is 5.69 Å². The number of aryl methyl sites for hydroxylation is 1. The van der Waals surface area contributed by atoms with Crippen LogP contribution in [0.4, 0.5) is 5.69 Å². The third kappa shape index (κ3) is 2.22. The Morgan fingerprint density at radius 1 is 1.50 bits per heavy atom. The minimum absolute atomic E-state index is 0.0884. The van der Waals surface area contributed by atoms with Crippen molar-refractivity contribution < 1.29 is 4.92 Å². The van der Waals surface area contributed by atoms with Crippen molar-refractivity contribution in [2.45, 2.75) is 19.8 Å². The van der Waals surface area contributed by atoms with E-state index in [0.29, 0.717) is 5.69 Å². The summed E-state index contributed by atoms with van der Waals surface area (Å²) in [6, 6.07) is 4.88. The Morgan fingerprint density at radius 3 is 2.94 bits per heavy atom. The zero-order valence-corrected chi connectivity index (χ0v) is 10.6. The van der Waals surface area contributed by atoms with E-state index in [2.05, 4.69) is 4.98 Å². The second-order valence-electron chi connectivity index (χ2n) is 3.83.